The van der Waals surface area contributed by atoms with Crippen molar-refractivity contribution in [1.82, 2.24) is 9.80 Å². The molecule has 1 aromatic rings. The van der Waals surface area contributed by atoms with E-state index in [1.807, 2.05) is 6.07 Å². The second-order valence-electron chi connectivity index (χ2n) is 9.07. The molecule has 1 amide bonds. The fraction of sp³-hybridized carbons (Fsp3) is 0.682. The molecule has 0 unspecified atom stereocenters. The number of nitrogens with one attached hydrogen (secondary N) is 1. The topological polar surface area (TPSA) is 44.8 Å². The predicted octanol–water partition coefficient (Wildman–Crippen LogP) is 5.10. The molecule has 33 heavy (non-hydrogen) atoms. The number of para-hydroxylation sites is 1. The lowest BCUT2D eigenvalue weighted by Gasteiger charge is -2.45. The first-order valence-corrected chi connectivity index (χ1v) is 11.2. The Labute approximate surface area is 188 Å². The zero-order chi connectivity index (χ0) is 23.9. The Morgan fingerprint density at radius 1 is 1.03 bits per heavy atom. The van der Waals surface area contributed by atoms with Crippen LogP contribution in [0.4, 0.5) is 36.8 Å². The molecular formula is C22H27F6N3O2. The van der Waals surface area contributed by atoms with Gasteiger partial charge in [-0.25, -0.2) is 4.79 Å². The Bertz CT molecular complexity index is 851. The number of amides is 1. The van der Waals surface area contributed by atoms with Crippen molar-refractivity contribution in [2.45, 2.75) is 69.1 Å². The number of nitrogens with zero attached hydrogens (tertiary/aromatic N) is 2. The van der Waals surface area contributed by atoms with Crippen LogP contribution < -0.4 is 5.32 Å². The van der Waals surface area contributed by atoms with E-state index in [9.17, 15) is 31.1 Å². The minimum atomic E-state index is -5.71. The van der Waals surface area contributed by atoms with Crippen molar-refractivity contribution in [1.29, 1.82) is 0 Å². The number of rotatable bonds is 3. The summed E-state index contributed by atoms with van der Waals surface area (Å²) in [4.78, 5) is 15.4. The summed E-state index contributed by atoms with van der Waals surface area (Å²) in [7, 11) is 0. The molecule has 184 valence electrons. The van der Waals surface area contributed by atoms with Gasteiger partial charge in [-0.05, 0) is 56.2 Å². The van der Waals surface area contributed by atoms with E-state index in [-0.39, 0.29) is 18.6 Å². The summed E-state index contributed by atoms with van der Waals surface area (Å²) in [6.07, 6.45) is -12.2. The highest BCUT2D eigenvalue weighted by Crippen LogP contribution is 2.41. The molecule has 11 heteroatoms. The van der Waals surface area contributed by atoms with Gasteiger partial charge in [-0.2, -0.15) is 26.3 Å². The van der Waals surface area contributed by atoms with E-state index in [0.717, 1.165) is 49.4 Å². The van der Waals surface area contributed by atoms with Gasteiger partial charge in [-0.3, -0.25) is 4.90 Å². The predicted molar refractivity (Wildman–Crippen MR) is 109 cm³/mol. The van der Waals surface area contributed by atoms with Crippen molar-refractivity contribution in [2.75, 3.05) is 31.5 Å². The first-order valence-electron chi connectivity index (χ1n) is 11.2. The van der Waals surface area contributed by atoms with Gasteiger partial charge in [0.05, 0.1) is 0 Å². The van der Waals surface area contributed by atoms with Crippen LogP contribution in [0, 0.1) is 0 Å². The monoisotopic (exact) mass is 479 g/mol. The van der Waals surface area contributed by atoms with Crippen molar-refractivity contribution in [2.24, 2.45) is 0 Å². The summed E-state index contributed by atoms with van der Waals surface area (Å²) in [6.45, 7) is 2.61. The van der Waals surface area contributed by atoms with Crippen molar-refractivity contribution in [3.05, 3.63) is 29.3 Å². The van der Waals surface area contributed by atoms with Gasteiger partial charge in [-0.1, -0.05) is 18.2 Å². The Morgan fingerprint density at radius 2 is 1.73 bits per heavy atom. The number of aryl methyl sites for hydroxylation is 1. The minimum Gasteiger partial charge on any atom is -0.426 e. The largest absolute Gasteiger partial charge is 0.434 e. The molecule has 1 spiro atoms. The molecule has 0 bridgehead atoms. The average molecular weight is 479 g/mol. The SMILES string of the molecule is O=C(OC(C(F)(F)F)C(F)(F)F)N1CCC2(CCCN2Cc2cccc3c2NCCC3)CC1. The van der Waals surface area contributed by atoms with Gasteiger partial charge in [0.15, 0.2) is 0 Å². The van der Waals surface area contributed by atoms with Crippen LogP contribution in [-0.4, -0.2) is 66.1 Å². The van der Waals surface area contributed by atoms with E-state index in [1.54, 1.807) is 0 Å². The number of anilines is 1. The molecule has 5 nitrogen and oxygen atoms in total. The minimum absolute atomic E-state index is 0.0584. The van der Waals surface area contributed by atoms with Crippen molar-refractivity contribution in [3.63, 3.8) is 0 Å². The molecule has 1 aromatic carbocycles. The number of halogens is 6. The molecule has 3 heterocycles. The summed E-state index contributed by atoms with van der Waals surface area (Å²) in [5.41, 5.74) is 3.42. The van der Waals surface area contributed by atoms with Crippen molar-refractivity contribution >= 4 is 11.8 Å². The molecule has 0 saturated carbocycles. The quantitative estimate of drug-likeness (QED) is 0.613. The van der Waals surface area contributed by atoms with Crippen LogP contribution in [-0.2, 0) is 17.7 Å². The normalized spacial score (nSPS) is 21.2. The lowest BCUT2D eigenvalue weighted by molar-refractivity contribution is -0.308. The number of benzene rings is 1. The molecule has 3 aliphatic heterocycles. The van der Waals surface area contributed by atoms with E-state index >= 15 is 0 Å². The number of piperidine rings is 1. The molecule has 0 aromatic heterocycles. The molecule has 2 fully saturated rings. The summed E-state index contributed by atoms with van der Waals surface area (Å²) < 4.78 is 80.3. The summed E-state index contributed by atoms with van der Waals surface area (Å²) in [5, 5.41) is 3.48. The molecule has 2 saturated heterocycles. The molecular weight excluding hydrogens is 452 g/mol. The van der Waals surface area contributed by atoms with E-state index in [1.165, 1.54) is 11.1 Å². The van der Waals surface area contributed by atoms with Gasteiger partial charge >= 0.3 is 18.4 Å². The van der Waals surface area contributed by atoms with Crippen LogP contribution in [0.15, 0.2) is 18.2 Å². The lowest BCUT2D eigenvalue weighted by atomic mass is 9.84. The van der Waals surface area contributed by atoms with Gasteiger partial charge in [0.2, 0.25) is 0 Å². The first-order chi connectivity index (χ1) is 15.5. The Balaban J connectivity index is 1.40. The number of hydrogen-bond donors (Lipinski definition) is 1. The van der Waals surface area contributed by atoms with E-state index in [2.05, 4.69) is 27.1 Å². The fourth-order valence-electron chi connectivity index (χ4n) is 5.33. The number of carbonyl (C=O) groups is 1. The first kappa shape index (κ1) is 24.0. The van der Waals surface area contributed by atoms with Gasteiger partial charge in [-0.15, -0.1) is 0 Å². The maximum Gasteiger partial charge on any atom is 0.434 e. The van der Waals surface area contributed by atoms with E-state index < -0.39 is 24.5 Å². The van der Waals surface area contributed by atoms with Gasteiger partial charge in [0, 0.05) is 37.4 Å². The van der Waals surface area contributed by atoms with Gasteiger partial charge in [0.25, 0.3) is 6.10 Å². The van der Waals surface area contributed by atoms with Crippen LogP contribution in [0.2, 0.25) is 0 Å². The standard InChI is InChI=1S/C22H27F6N3O2/c23-21(24,25)18(22(26,27)28)33-19(32)30-12-8-20(9-13-30)7-3-11-31(20)14-16-5-1-4-15-6-2-10-29-17(15)16/h1,4-5,18,29H,2-3,6-14H2. The van der Waals surface area contributed by atoms with Gasteiger partial charge < -0.3 is 15.0 Å². The average Bonchev–Trinajstić information content (AvgIpc) is 3.12. The fourth-order valence-corrected chi connectivity index (χ4v) is 5.33. The zero-order valence-corrected chi connectivity index (χ0v) is 18.1. The maximum atomic E-state index is 12.7. The lowest BCUT2D eigenvalue weighted by Crippen LogP contribution is -2.54. The number of ether oxygens (including phenoxy) is 1. The second-order valence-corrected chi connectivity index (χ2v) is 9.07. The van der Waals surface area contributed by atoms with E-state index in [4.69, 9.17) is 0 Å². The third-order valence-electron chi connectivity index (χ3n) is 7.03. The third-order valence-corrected chi connectivity index (χ3v) is 7.03. The van der Waals surface area contributed by atoms with E-state index in [0.29, 0.717) is 19.4 Å². The highest BCUT2D eigenvalue weighted by molar-refractivity contribution is 5.68. The zero-order valence-electron chi connectivity index (χ0n) is 18.1. The number of fused-ring (bicyclic) bond motifs is 1. The molecule has 1 N–H and O–H groups in total. The van der Waals surface area contributed by atoms with Crippen LogP contribution in [0.5, 0.6) is 0 Å². The number of likely N-dealkylation sites (tertiary alicyclic amines) is 2. The Hall–Kier alpha value is -2.17. The second kappa shape index (κ2) is 8.88. The Morgan fingerprint density at radius 3 is 2.39 bits per heavy atom. The maximum absolute atomic E-state index is 12.7. The van der Waals surface area contributed by atoms with Gasteiger partial charge in [0.1, 0.15) is 0 Å². The van der Waals surface area contributed by atoms with Crippen LogP contribution in [0.1, 0.15) is 43.2 Å². The number of carbonyl (C=O) groups excluding carboxylic acids is 1. The molecule has 0 aliphatic carbocycles. The summed E-state index contributed by atoms with van der Waals surface area (Å²) in [5.74, 6) is 0. The third kappa shape index (κ3) is 5.02. The van der Waals surface area contributed by atoms with Crippen molar-refractivity contribution < 1.29 is 35.9 Å². The summed E-state index contributed by atoms with van der Waals surface area (Å²) in [6, 6.07) is 6.24. The molecule has 4 rings (SSSR count). The molecule has 0 radical (unpaired) electrons. The van der Waals surface area contributed by atoms with Crippen molar-refractivity contribution in [3.8, 4) is 0 Å². The number of alkyl halides is 6. The molecule has 0 atom stereocenters. The smallest absolute Gasteiger partial charge is 0.426 e. The van der Waals surface area contributed by atoms with Crippen LogP contribution in [0.25, 0.3) is 0 Å². The Kier molecular flexibility index (Phi) is 6.45. The summed E-state index contributed by atoms with van der Waals surface area (Å²) >= 11 is 0. The number of hydrogen-bond acceptors (Lipinski definition) is 4. The van der Waals surface area contributed by atoms with Crippen LogP contribution >= 0.6 is 0 Å². The highest BCUT2D eigenvalue weighted by atomic mass is 19.4. The molecule has 3 aliphatic rings. The highest BCUT2D eigenvalue weighted by Gasteiger charge is 2.60. The van der Waals surface area contributed by atoms with Crippen LogP contribution in [0.3, 0.4) is 0 Å².